The van der Waals surface area contributed by atoms with Crippen molar-refractivity contribution >= 4 is 11.9 Å². The Balaban J connectivity index is 4.74. The van der Waals surface area contributed by atoms with Crippen LogP contribution in [0, 0.1) is 11.3 Å². The predicted molar refractivity (Wildman–Crippen MR) is 73.2 cm³/mol. The first-order chi connectivity index (χ1) is 6.51. The summed E-state index contributed by atoms with van der Waals surface area (Å²) in [6, 6.07) is 0.597. The molecule has 0 fully saturated rings. The van der Waals surface area contributed by atoms with E-state index in [-0.39, 0.29) is 5.54 Å². The van der Waals surface area contributed by atoms with Gasteiger partial charge in [0.2, 0.25) is 0 Å². The zero-order chi connectivity index (χ0) is 12.4. The molecular weight excluding hydrogens is 202 g/mol. The van der Waals surface area contributed by atoms with E-state index in [1.807, 2.05) is 11.9 Å². The van der Waals surface area contributed by atoms with Crippen molar-refractivity contribution in [2.24, 2.45) is 11.3 Å². The quantitative estimate of drug-likeness (QED) is 0.661. The van der Waals surface area contributed by atoms with Gasteiger partial charge >= 0.3 is 0 Å². The molecular formula is C13H29NS. The molecule has 0 aliphatic rings. The van der Waals surface area contributed by atoms with Crippen LogP contribution in [-0.2, 0) is 0 Å². The Labute approximate surface area is 101 Å². The molecule has 0 bridgehead atoms. The second kappa shape index (κ2) is 5.09. The van der Waals surface area contributed by atoms with Gasteiger partial charge < -0.3 is 0 Å². The Morgan fingerprint density at radius 1 is 0.933 bits per heavy atom. The topological polar surface area (TPSA) is 3.24 Å². The third-order valence-corrected chi connectivity index (χ3v) is 4.59. The van der Waals surface area contributed by atoms with Crippen LogP contribution in [0.4, 0.5) is 0 Å². The molecule has 0 amide bonds. The van der Waals surface area contributed by atoms with Gasteiger partial charge in [0.25, 0.3) is 0 Å². The third kappa shape index (κ3) is 4.36. The molecule has 0 aromatic carbocycles. The Bertz CT molecular complexity index is 188. The van der Waals surface area contributed by atoms with Crippen LogP contribution in [-0.4, -0.2) is 22.1 Å². The van der Waals surface area contributed by atoms with Crippen molar-refractivity contribution in [1.29, 1.82) is 0 Å². The third-order valence-electron chi connectivity index (χ3n) is 3.32. The van der Waals surface area contributed by atoms with Crippen LogP contribution < -0.4 is 0 Å². The van der Waals surface area contributed by atoms with Crippen LogP contribution in [0.15, 0.2) is 0 Å². The highest BCUT2D eigenvalue weighted by atomic mass is 32.2. The van der Waals surface area contributed by atoms with Gasteiger partial charge in [0.1, 0.15) is 0 Å². The lowest BCUT2D eigenvalue weighted by Gasteiger charge is -2.44. The average Bonchev–Trinajstić information content (AvgIpc) is 1.99. The summed E-state index contributed by atoms with van der Waals surface area (Å²) in [6.45, 7) is 18.6. The van der Waals surface area contributed by atoms with E-state index < -0.39 is 0 Å². The minimum absolute atomic E-state index is 0.234. The molecule has 92 valence electrons. The molecule has 2 heteroatoms. The fraction of sp³-hybridized carbons (Fsp3) is 1.00. The summed E-state index contributed by atoms with van der Waals surface area (Å²) in [4.78, 5) is 0. The maximum atomic E-state index is 2.52. The van der Waals surface area contributed by atoms with Crippen molar-refractivity contribution < 1.29 is 0 Å². The molecule has 0 heterocycles. The van der Waals surface area contributed by atoms with Crippen LogP contribution in [0.5, 0.6) is 0 Å². The van der Waals surface area contributed by atoms with Crippen LogP contribution in [0.25, 0.3) is 0 Å². The fourth-order valence-corrected chi connectivity index (χ4v) is 3.04. The van der Waals surface area contributed by atoms with Crippen LogP contribution in [0.3, 0.4) is 0 Å². The zero-order valence-corrected chi connectivity index (χ0v) is 12.8. The molecule has 2 unspecified atom stereocenters. The van der Waals surface area contributed by atoms with E-state index in [9.17, 15) is 0 Å². The largest absolute Gasteiger partial charge is 0.242 e. The molecule has 0 radical (unpaired) electrons. The minimum atomic E-state index is 0.234. The van der Waals surface area contributed by atoms with Gasteiger partial charge in [-0.2, -0.15) is 0 Å². The summed E-state index contributed by atoms with van der Waals surface area (Å²) in [5, 5.41) is 0. The lowest BCUT2D eigenvalue weighted by atomic mass is 9.77. The Kier molecular flexibility index (Phi) is 5.20. The predicted octanol–water partition coefficient (Wildman–Crippen LogP) is 4.44. The van der Waals surface area contributed by atoms with E-state index in [4.69, 9.17) is 0 Å². The van der Waals surface area contributed by atoms with Crippen molar-refractivity contribution in [3.8, 4) is 0 Å². The van der Waals surface area contributed by atoms with E-state index in [1.165, 1.54) is 0 Å². The number of rotatable bonds is 3. The fourth-order valence-electron chi connectivity index (χ4n) is 1.98. The summed E-state index contributed by atoms with van der Waals surface area (Å²) >= 11 is 1.86. The Hall–Kier alpha value is 0.310. The molecule has 0 aromatic heterocycles. The summed E-state index contributed by atoms with van der Waals surface area (Å²) < 4.78 is 2.52. The molecule has 0 rings (SSSR count). The lowest BCUT2D eigenvalue weighted by molar-refractivity contribution is 0.112. The zero-order valence-electron chi connectivity index (χ0n) is 12.0. The minimum Gasteiger partial charge on any atom is -0.242 e. The first kappa shape index (κ1) is 15.3. The van der Waals surface area contributed by atoms with E-state index in [0.717, 1.165) is 0 Å². The van der Waals surface area contributed by atoms with E-state index in [1.54, 1.807) is 0 Å². The van der Waals surface area contributed by atoms with Crippen molar-refractivity contribution in [1.82, 2.24) is 4.31 Å². The van der Waals surface area contributed by atoms with Gasteiger partial charge in [-0.1, -0.05) is 39.6 Å². The Morgan fingerprint density at radius 2 is 1.33 bits per heavy atom. The number of hydrogen-bond acceptors (Lipinski definition) is 2. The monoisotopic (exact) mass is 231 g/mol. The molecule has 0 N–H and O–H groups in total. The highest BCUT2D eigenvalue weighted by Gasteiger charge is 2.34. The average molecular weight is 231 g/mol. The van der Waals surface area contributed by atoms with Crippen LogP contribution >= 0.6 is 11.9 Å². The smallest absolute Gasteiger partial charge is 0.0232 e. The van der Waals surface area contributed by atoms with E-state index in [2.05, 4.69) is 66.0 Å². The molecule has 0 aliphatic heterocycles. The first-order valence-corrected chi connectivity index (χ1v) is 7.03. The standard InChI is InChI=1S/C13H29NS/c1-10(12(3,4)5)11(2)14(15-9)13(6,7)8/h10-11H,1-9H3. The van der Waals surface area contributed by atoms with Gasteiger partial charge in [-0.25, -0.2) is 4.31 Å². The van der Waals surface area contributed by atoms with Crippen molar-refractivity contribution in [3.05, 3.63) is 0 Å². The SMILES string of the molecule is CSN(C(C)C(C)C(C)(C)C)C(C)(C)C. The second-order valence-electron chi connectivity index (χ2n) is 6.57. The van der Waals surface area contributed by atoms with Crippen molar-refractivity contribution in [3.63, 3.8) is 0 Å². The summed E-state index contributed by atoms with van der Waals surface area (Å²) in [6.07, 6.45) is 2.18. The number of hydrogen-bond donors (Lipinski definition) is 0. The summed E-state index contributed by atoms with van der Waals surface area (Å²) in [5.41, 5.74) is 0.608. The number of nitrogens with zero attached hydrogens (tertiary/aromatic N) is 1. The first-order valence-electron chi connectivity index (χ1n) is 5.85. The Morgan fingerprint density at radius 3 is 1.53 bits per heavy atom. The van der Waals surface area contributed by atoms with Crippen LogP contribution in [0.1, 0.15) is 55.4 Å². The molecule has 0 aliphatic carbocycles. The summed E-state index contributed by atoms with van der Waals surface area (Å²) in [7, 11) is 0. The van der Waals surface area contributed by atoms with Gasteiger partial charge in [0, 0.05) is 11.6 Å². The van der Waals surface area contributed by atoms with E-state index >= 15 is 0 Å². The molecule has 1 nitrogen and oxygen atoms in total. The summed E-state index contributed by atoms with van der Waals surface area (Å²) in [5.74, 6) is 0.684. The molecule has 15 heavy (non-hydrogen) atoms. The molecule has 0 saturated carbocycles. The maximum absolute atomic E-state index is 2.52. The molecule has 2 atom stereocenters. The normalized spacial score (nSPS) is 18.0. The molecule has 0 saturated heterocycles. The van der Waals surface area contributed by atoms with Gasteiger partial charge in [-0.15, -0.1) is 0 Å². The molecule has 0 aromatic rings. The van der Waals surface area contributed by atoms with Crippen LogP contribution in [0.2, 0.25) is 0 Å². The van der Waals surface area contributed by atoms with Gasteiger partial charge in [-0.05, 0) is 45.3 Å². The lowest BCUT2D eigenvalue weighted by Crippen LogP contribution is -2.47. The van der Waals surface area contributed by atoms with Gasteiger partial charge in [-0.3, -0.25) is 0 Å². The van der Waals surface area contributed by atoms with Crippen molar-refractivity contribution in [2.45, 2.75) is 67.0 Å². The highest BCUT2D eigenvalue weighted by Crippen LogP contribution is 2.35. The molecule has 0 spiro atoms. The van der Waals surface area contributed by atoms with Crippen molar-refractivity contribution in [2.75, 3.05) is 6.26 Å². The maximum Gasteiger partial charge on any atom is 0.0232 e. The second-order valence-corrected chi connectivity index (χ2v) is 7.33. The van der Waals surface area contributed by atoms with Gasteiger partial charge in [0.15, 0.2) is 0 Å². The highest BCUT2D eigenvalue weighted by molar-refractivity contribution is 7.96. The van der Waals surface area contributed by atoms with Gasteiger partial charge in [0.05, 0.1) is 0 Å². The van der Waals surface area contributed by atoms with E-state index in [0.29, 0.717) is 17.4 Å².